The van der Waals surface area contributed by atoms with Crippen LogP contribution < -0.4 is 5.32 Å². The van der Waals surface area contributed by atoms with Gasteiger partial charge in [-0.1, -0.05) is 0 Å². The number of hydrogen-bond acceptors (Lipinski definition) is 4. The lowest BCUT2D eigenvalue weighted by atomic mass is 10.2. The first-order valence-electron chi connectivity index (χ1n) is 4.51. The number of aromatic nitrogens is 1. The summed E-state index contributed by atoms with van der Waals surface area (Å²) in [4.78, 5) is 14.0. The smallest absolute Gasteiger partial charge is 0.338 e. The average Bonchev–Trinajstić information content (AvgIpc) is 2.26. The van der Waals surface area contributed by atoms with E-state index in [0.29, 0.717) is 0 Å². The van der Waals surface area contributed by atoms with Gasteiger partial charge in [0.1, 0.15) is 11.7 Å². The number of carboxylic acid groups (broad SMARTS) is 1. The van der Waals surface area contributed by atoms with Crippen molar-refractivity contribution in [3.63, 3.8) is 0 Å². The van der Waals surface area contributed by atoms with E-state index in [9.17, 15) is 18.0 Å². The second-order valence-electron chi connectivity index (χ2n) is 3.11. The number of anilines is 1. The molecule has 8 heteroatoms. The molecule has 3 N–H and O–H groups in total. The number of nitrogens with zero attached hydrogens (tertiary/aromatic N) is 1. The van der Waals surface area contributed by atoms with Gasteiger partial charge >= 0.3 is 5.97 Å². The predicted molar refractivity (Wildman–Crippen MR) is 51.7 cm³/mol. The molecule has 1 atom stereocenters. The minimum absolute atomic E-state index is 0.496. The Kier molecular flexibility index (Phi) is 4.27. The van der Waals surface area contributed by atoms with Crippen LogP contribution in [0, 0.1) is 5.82 Å². The van der Waals surface area contributed by atoms with E-state index in [2.05, 4.69) is 10.3 Å². The molecule has 0 fully saturated rings. The Labute approximate surface area is 93.9 Å². The fourth-order valence-corrected chi connectivity index (χ4v) is 1.02. The number of carbonyl (C=O) groups is 1. The van der Waals surface area contributed by atoms with Crippen LogP contribution in [0.2, 0.25) is 0 Å². The van der Waals surface area contributed by atoms with Crippen molar-refractivity contribution in [2.75, 3.05) is 11.9 Å². The molecule has 0 bridgehead atoms. The highest BCUT2D eigenvalue weighted by Gasteiger charge is 2.19. The van der Waals surface area contributed by atoms with E-state index < -0.39 is 42.2 Å². The quantitative estimate of drug-likeness (QED) is 0.725. The van der Waals surface area contributed by atoms with E-state index in [0.717, 1.165) is 12.3 Å². The van der Waals surface area contributed by atoms with Gasteiger partial charge in [0.05, 0.1) is 0 Å². The maximum atomic E-state index is 13.4. The Morgan fingerprint density at radius 1 is 1.53 bits per heavy atom. The van der Waals surface area contributed by atoms with Crippen LogP contribution >= 0.6 is 0 Å². The Bertz CT molecular complexity index is 414. The topological polar surface area (TPSA) is 82.5 Å². The SMILES string of the molecule is O=C(O)c1ccnc(NCC(O)C(F)F)c1F. The predicted octanol–water partition coefficient (Wildman–Crippen LogP) is 0.957. The van der Waals surface area contributed by atoms with E-state index in [1.807, 2.05) is 0 Å². The molecule has 17 heavy (non-hydrogen) atoms. The molecule has 0 saturated carbocycles. The minimum Gasteiger partial charge on any atom is -0.478 e. The maximum absolute atomic E-state index is 13.4. The lowest BCUT2D eigenvalue weighted by molar-refractivity contribution is 0.00377. The fourth-order valence-electron chi connectivity index (χ4n) is 1.02. The Balaban J connectivity index is 2.79. The van der Waals surface area contributed by atoms with Crippen molar-refractivity contribution < 1.29 is 28.2 Å². The second kappa shape index (κ2) is 5.48. The maximum Gasteiger partial charge on any atom is 0.338 e. The molecule has 1 unspecified atom stereocenters. The van der Waals surface area contributed by atoms with Crippen molar-refractivity contribution in [3.8, 4) is 0 Å². The summed E-state index contributed by atoms with van der Waals surface area (Å²) in [5.74, 6) is -3.16. The molecule has 1 rings (SSSR count). The number of alkyl halides is 2. The molecule has 1 heterocycles. The molecule has 0 radical (unpaired) electrons. The van der Waals surface area contributed by atoms with Gasteiger partial charge in [0.25, 0.3) is 6.43 Å². The third-order valence-corrected chi connectivity index (χ3v) is 1.89. The number of hydrogen-bond donors (Lipinski definition) is 3. The zero-order valence-corrected chi connectivity index (χ0v) is 8.40. The van der Waals surface area contributed by atoms with Gasteiger partial charge in [-0.3, -0.25) is 0 Å². The zero-order chi connectivity index (χ0) is 13.0. The monoisotopic (exact) mass is 250 g/mol. The van der Waals surface area contributed by atoms with Gasteiger partial charge in [-0.15, -0.1) is 0 Å². The molecule has 5 nitrogen and oxygen atoms in total. The summed E-state index contributed by atoms with van der Waals surface area (Å²) in [6.45, 7) is -0.634. The normalized spacial score (nSPS) is 12.5. The molecule has 94 valence electrons. The molecule has 0 aromatic carbocycles. The van der Waals surface area contributed by atoms with Crippen molar-refractivity contribution >= 4 is 11.8 Å². The summed E-state index contributed by atoms with van der Waals surface area (Å²) >= 11 is 0. The summed E-state index contributed by atoms with van der Waals surface area (Å²) in [6, 6.07) is 0.937. The molecular formula is C9H9F3N2O3. The molecule has 1 aromatic rings. The van der Waals surface area contributed by atoms with Crippen molar-refractivity contribution in [1.29, 1.82) is 0 Å². The number of halogens is 3. The van der Waals surface area contributed by atoms with Gasteiger partial charge in [0, 0.05) is 12.7 Å². The van der Waals surface area contributed by atoms with E-state index in [1.165, 1.54) is 0 Å². The molecule has 0 saturated heterocycles. The number of pyridine rings is 1. The van der Waals surface area contributed by atoms with Crippen LogP contribution in [0.4, 0.5) is 19.0 Å². The third kappa shape index (κ3) is 3.31. The largest absolute Gasteiger partial charge is 0.478 e. The summed E-state index contributed by atoms with van der Waals surface area (Å²) in [5, 5.41) is 19.5. The van der Waals surface area contributed by atoms with Crippen LogP contribution in [-0.4, -0.2) is 40.2 Å². The highest BCUT2D eigenvalue weighted by Crippen LogP contribution is 2.15. The standard InChI is InChI=1S/C9H9F3N2O3/c10-6-4(9(16)17)1-2-13-8(6)14-3-5(15)7(11)12/h1-2,5,7,15H,3H2,(H,13,14)(H,16,17). The molecule has 0 aliphatic heterocycles. The lowest BCUT2D eigenvalue weighted by Gasteiger charge is -2.12. The van der Waals surface area contributed by atoms with Crippen LogP contribution in [-0.2, 0) is 0 Å². The number of aromatic carboxylic acids is 1. The van der Waals surface area contributed by atoms with Crippen molar-refractivity contribution in [3.05, 3.63) is 23.6 Å². The molecule has 0 aliphatic carbocycles. The van der Waals surface area contributed by atoms with Crippen LogP contribution in [0.5, 0.6) is 0 Å². The third-order valence-electron chi connectivity index (χ3n) is 1.89. The number of nitrogens with one attached hydrogen (secondary N) is 1. The van der Waals surface area contributed by atoms with Crippen LogP contribution in [0.1, 0.15) is 10.4 Å². The van der Waals surface area contributed by atoms with E-state index >= 15 is 0 Å². The summed E-state index contributed by atoms with van der Waals surface area (Å²) in [7, 11) is 0. The average molecular weight is 250 g/mol. The Hall–Kier alpha value is -1.83. The summed E-state index contributed by atoms with van der Waals surface area (Å²) < 4.78 is 37.3. The van der Waals surface area contributed by atoms with Gasteiger partial charge in [0.15, 0.2) is 11.6 Å². The van der Waals surface area contributed by atoms with Crippen molar-refractivity contribution in [2.24, 2.45) is 0 Å². The van der Waals surface area contributed by atoms with E-state index in [-0.39, 0.29) is 0 Å². The minimum atomic E-state index is -2.98. The molecular weight excluding hydrogens is 241 g/mol. The van der Waals surface area contributed by atoms with Crippen LogP contribution in [0.3, 0.4) is 0 Å². The van der Waals surface area contributed by atoms with E-state index in [4.69, 9.17) is 10.2 Å². The molecule has 0 amide bonds. The number of aliphatic hydroxyl groups excluding tert-OH is 1. The van der Waals surface area contributed by atoms with Gasteiger partial charge in [-0.05, 0) is 6.07 Å². The van der Waals surface area contributed by atoms with Crippen LogP contribution in [0.15, 0.2) is 12.3 Å². The Morgan fingerprint density at radius 2 is 2.18 bits per heavy atom. The molecule has 0 aliphatic rings. The first-order chi connectivity index (χ1) is 7.93. The van der Waals surface area contributed by atoms with Crippen molar-refractivity contribution in [1.82, 2.24) is 4.98 Å². The summed E-state index contributed by atoms with van der Waals surface area (Å²) in [5.41, 5.74) is -0.631. The number of aliphatic hydroxyl groups is 1. The van der Waals surface area contributed by atoms with Gasteiger partial charge in [-0.25, -0.2) is 22.9 Å². The van der Waals surface area contributed by atoms with Gasteiger partial charge in [-0.2, -0.15) is 0 Å². The molecule has 0 spiro atoms. The molecule has 1 aromatic heterocycles. The lowest BCUT2D eigenvalue weighted by Crippen LogP contribution is -2.27. The van der Waals surface area contributed by atoms with Gasteiger partial charge in [0.2, 0.25) is 0 Å². The second-order valence-corrected chi connectivity index (χ2v) is 3.11. The van der Waals surface area contributed by atoms with E-state index in [1.54, 1.807) is 0 Å². The highest BCUT2D eigenvalue weighted by molar-refractivity contribution is 5.88. The first-order valence-corrected chi connectivity index (χ1v) is 4.51. The first kappa shape index (κ1) is 13.2. The fraction of sp³-hybridized carbons (Fsp3) is 0.333. The Morgan fingerprint density at radius 3 is 2.71 bits per heavy atom. The van der Waals surface area contributed by atoms with Crippen molar-refractivity contribution in [2.45, 2.75) is 12.5 Å². The van der Waals surface area contributed by atoms with Gasteiger partial charge < -0.3 is 15.5 Å². The number of rotatable bonds is 5. The summed E-state index contributed by atoms with van der Waals surface area (Å²) in [6.07, 6.45) is -3.94. The number of carboxylic acids is 1. The van der Waals surface area contributed by atoms with Crippen LogP contribution in [0.25, 0.3) is 0 Å². The zero-order valence-electron chi connectivity index (χ0n) is 8.40. The highest BCUT2D eigenvalue weighted by atomic mass is 19.3.